The highest BCUT2D eigenvalue weighted by Crippen LogP contribution is 2.33. The number of β-amino-alcohol motifs (C(OH)–C–C–N with tert-alkyl or cyclic N) is 1. The number of nitrogens with zero attached hydrogens (tertiary/aromatic N) is 1. The fourth-order valence-electron chi connectivity index (χ4n) is 2.79. The van der Waals surface area contributed by atoms with E-state index in [1.807, 2.05) is 4.90 Å². The summed E-state index contributed by atoms with van der Waals surface area (Å²) in [4.78, 5) is 12.8. The molecule has 1 saturated heterocycles. The van der Waals surface area contributed by atoms with Crippen LogP contribution in [0.4, 0.5) is 0 Å². The molecule has 1 aliphatic heterocycles. The Morgan fingerprint density at radius 3 is 2.68 bits per heavy atom. The molecule has 0 spiro atoms. The minimum atomic E-state index is -1.71. The van der Waals surface area contributed by atoms with Gasteiger partial charge in [0.2, 0.25) is 0 Å². The number of hydrogen-bond acceptors (Lipinski definition) is 5. The average Bonchev–Trinajstić information content (AvgIpc) is 2.91. The monoisotopic (exact) mass is 347 g/mol. The highest BCUT2D eigenvalue weighted by Gasteiger charge is 2.32. The quantitative estimate of drug-likeness (QED) is 0.679. The Labute approximate surface area is 139 Å². The lowest BCUT2D eigenvalue weighted by Crippen LogP contribution is -2.46. The van der Waals surface area contributed by atoms with Gasteiger partial charge in [-0.15, -0.1) is 0 Å². The summed E-state index contributed by atoms with van der Waals surface area (Å²) in [5.74, 6) is 0.394. The molecule has 3 N–H and O–H groups in total. The number of aromatic hydroxyl groups is 1. The zero-order chi connectivity index (χ0) is 16.3. The Hall–Kier alpha value is -0.850. The van der Waals surface area contributed by atoms with Crippen LogP contribution in [0.1, 0.15) is 12.0 Å². The van der Waals surface area contributed by atoms with Crippen molar-refractivity contribution in [2.24, 2.45) is 5.92 Å². The van der Waals surface area contributed by atoms with Crippen molar-refractivity contribution in [3.05, 3.63) is 27.7 Å². The van der Waals surface area contributed by atoms with Crippen molar-refractivity contribution in [1.82, 2.24) is 4.90 Å². The van der Waals surface area contributed by atoms with Gasteiger partial charge >= 0.3 is 0 Å². The molecule has 7 heteroatoms. The van der Waals surface area contributed by atoms with Gasteiger partial charge in [-0.25, -0.2) is 0 Å². The van der Waals surface area contributed by atoms with Crippen LogP contribution in [0.2, 0.25) is 10.0 Å². The molecule has 1 aromatic rings. The minimum absolute atomic E-state index is 0.108. The molecule has 2 atom stereocenters. The summed E-state index contributed by atoms with van der Waals surface area (Å²) in [6.07, 6.45) is 1.89. The van der Waals surface area contributed by atoms with E-state index in [1.54, 1.807) is 6.07 Å². The summed E-state index contributed by atoms with van der Waals surface area (Å²) >= 11 is 11.8. The zero-order valence-electron chi connectivity index (χ0n) is 12.0. The molecular formula is C15H19Cl2NO4. The SMILES string of the molecule is O=C[C@](O)(CO)CN1CC[C@@H](Cc2cc(Cl)c(Cl)cc2O)C1. The van der Waals surface area contributed by atoms with Crippen molar-refractivity contribution in [1.29, 1.82) is 0 Å². The van der Waals surface area contributed by atoms with Crippen LogP contribution in [0.15, 0.2) is 12.1 Å². The third-order valence-electron chi connectivity index (χ3n) is 3.99. The minimum Gasteiger partial charge on any atom is -0.508 e. The van der Waals surface area contributed by atoms with E-state index in [0.717, 1.165) is 18.5 Å². The van der Waals surface area contributed by atoms with Gasteiger partial charge in [0.05, 0.1) is 16.7 Å². The van der Waals surface area contributed by atoms with Crippen LogP contribution in [-0.4, -0.2) is 58.3 Å². The number of benzene rings is 1. The van der Waals surface area contributed by atoms with E-state index in [1.165, 1.54) is 6.07 Å². The first-order valence-electron chi connectivity index (χ1n) is 7.05. The van der Waals surface area contributed by atoms with Crippen LogP contribution in [0.3, 0.4) is 0 Å². The average molecular weight is 348 g/mol. The maximum atomic E-state index is 10.8. The van der Waals surface area contributed by atoms with Crippen LogP contribution in [-0.2, 0) is 11.2 Å². The summed E-state index contributed by atoms with van der Waals surface area (Å²) in [6.45, 7) is 0.917. The number of likely N-dealkylation sites (tertiary alicyclic amines) is 1. The summed E-state index contributed by atoms with van der Waals surface area (Å²) in [6, 6.07) is 3.10. The lowest BCUT2D eigenvalue weighted by molar-refractivity contribution is -0.130. The van der Waals surface area contributed by atoms with E-state index in [4.69, 9.17) is 28.3 Å². The number of aliphatic hydroxyl groups excluding tert-OH is 1. The van der Waals surface area contributed by atoms with Gasteiger partial charge in [-0.1, -0.05) is 23.2 Å². The van der Waals surface area contributed by atoms with Crippen LogP contribution in [0.25, 0.3) is 0 Å². The molecule has 5 nitrogen and oxygen atoms in total. The van der Waals surface area contributed by atoms with Crippen LogP contribution in [0, 0.1) is 5.92 Å². The fourth-order valence-corrected chi connectivity index (χ4v) is 3.13. The summed E-state index contributed by atoms with van der Waals surface area (Å²) in [5, 5.41) is 29.6. The molecule has 0 aliphatic carbocycles. The van der Waals surface area contributed by atoms with Gasteiger partial charge in [-0.2, -0.15) is 0 Å². The second-order valence-electron chi connectivity index (χ2n) is 5.87. The zero-order valence-corrected chi connectivity index (χ0v) is 13.5. The number of phenols is 1. The largest absolute Gasteiger partial charge is 0.508 e. The maximum absolute atomic E-state index is 10.8. The highest BCUT2D eigenvalue weighted by molar-refractivity contribution is 6.42. The molecule has 0 unspecified atom stereocenters. The maximum Gasteiger partial charge on any atom is 0.155 e. The topological polar surface area (TPSA) is 81.0 Å². The Balaban J connectivity index is 1.97. The van der Waals surface area contributed by atoms with Crippen molar-refractivity contribution < 1.29 is 20.1 Å². The standard InChI is InChI=1S/C15H19Cl2NO4/c16-12-4-11(14(21)5-13(12)17)3-10-1-2-18(6-10)7-15(22,8-19)9-20/h4-5,8,10,20-22H,1-3,6-7,9H2/t10-,15-/m0/s1. The highest BCUT2D eigenvalue weighted by atomic mass is 35.5. The number of aldehydes is 1. The second-order valence-corrected chi connectivity index (χ2v) is 6.68. The molecular weight excluding hydrogens is 329 g/mol. The van der Waals surface area contributed by atoms with Crippen LogP contribution < -0.4 is 0 Å². The number of carbonyl (C=O) groups is 1. The number of rotatable bonds is 6. The van der Waals surface area contributed by atoms with E-state index in [-0.39, 0.29) is 18.2 Å². The molecule has 22 heavy (non-hydrogen) atoms. The number of aliphatic hydroxyl groups is 2. The Kier molecular flexibility index (Phi) is 5.69. The first kappa shape index (κ1) is 17.5. The van der Waals surface area contributed by atoms with E-state index < -0.39 is 12.2 Å². The van der Waals surface area contributed by atoms with Gasteiger partial charge in [0.25, 0.3) is 0 Å². The van der Waals surface area contributed by atoms with Gasteiger partial charge < -0.3 is 15.3 Å². The van der Waals surface area contributed by atoms with Gasteiger partial charge in [0, 0.05) is 19.2 Å². The van der Waals surface area contributed by atoms with Gasteiger partial charge in [0.1, 0.15) is 5.75 Å². The Bertz CT molecular complexity index is 555. The third-order valence-corrected chi connectivity index (χ3v) is 4.71. The molecule has 0 aromatic heterocycles. The van der Waals surface area contributed by atoms with Gasteiger partial charge in [-0.3, -0.25) is 9.69 Å². The molecule has 1 aliphatic rings. The van der Waals surface area contributed by atoms with E-state index in [0.29, 0.717) is 29.3 Å². The number of hydrogen-bond donors (Lipinski definition) is 3. The first-order valence-corrected chi connectivity index (χ1v) is 7.81. The Morgan fingerprint density at radius 2 is 2.05 bits per heavy atom. The lowest BCUT2D eigenvalue weighted by Gasteiger charge is -2.25. The predicted molar refractivity (Wildman–Crippen MR) is 84.5 cm³/mol. The second kappa shape index (κ2) is 7.15. The predicted octanol–water partition coefficient (Wildman–Crippen LogP) is 1.49. The molecule has 1 heterocycles. The van der Waals surface area contributed by atoms with E-state index in [9.17, 15) is 15.0 Å². The molecule has 0 amide bonds. The van der Waals surface area contributed by atoms with Gasteiger partial charge in [0.15, 0.2) is 11.9 Å². The molecule has 0 radical (unpaired) electrons. The lowest BCUT2D eigenvalue weighted by atomic mass is 9.98. The third kappa shape index (κ3) is 4.12. The molecule has 122 valence electrons. The number of phenolic OH excluding ortho intramolecular Hbond substituents is 1. The molecule has 0 saturated carbocycles. The van der Waals surface area contributed by atoms with Crippen molar-refractivity contribution >= 4 is 29.5 Å². The normalized spacial score (nSPS) is 21.7. The first-order chi connectivity index (χ1) is 10.4. The van der Waals surface area contributed by atoms with Crippen molar-refractivity contribution in [2.45, 2.75) is 18.4 Å². The summed E-state index contributed by atoms with van der Waals surface area (Å²) < 4.78 is 0. The molecule has 1 aromatic carbocycles. The van der Waals surface area contributed by atoms with E-state index in [2.05, 4.69) is 0 Å². The van der Waals surface area contributed by atoms with Crippen LogP contribution >= 0.6 is 23.2 Å². The fraction of sp³-hybridized carbons (Fsp3) is 0.533. The summed E-state index contributed by atoms with van der Waals surface area (Å²) in [7, 11) is 0. The molecule has 1 fully saturated rings. The Morgan fingerprint density at radius 1 is 1.36 bits per heavy atom. The van der Waals surface area contributed by atoms with Crippen molar-refractivity contribution in [2.75, 3.05) is 26.2 Å². The number of halogens is 2. The number of carbonyl (C=O) groups excluding carboxylic acids is 1. The van der Waals surface area contributed by atoms with Crippen LogP contribution in [0.5, 0.6) is 5.75 Å². The van der Waals surface area contributed by atoms with E-state index >= 15 is 0 Å². The smallest absolute Gasteiger partial charge is 0.155 e. The van der Waals surface area contributed by atoms with Crippen molar-refractivity contribution in [3.8, 4) is 5.75 Å². The van der Waals surface area contributed by atoms with Crippen molar-refractivity contribution in [3.63, 3.8) is 0 Å². The van der Waals surface area contributed by atoms with Gasteiger partial charge in [-0.05, 0) is 36.9 Å². The molecule has 2 rings (SSSR count). The molecule has 0 bridgehead atoms. The summed E-state index contributed by atoms with van der Waals surface area (Å²) in [5.41, 5.74) is -0.977.